The Labute approximate surface area is 110 Å². The van der Waals surface area contributed by atoms with Crippen molar-refractivity contribution in [2.45, 2.75) is 38.5 Å². The summed E-state index contributed by atoms with van der Waals surface area (Å²) in [5.41, 5.74) is 0. The third kappa shape index (κ3) is 7.94. The molecule has 0 fully saturated rings. The van der Waals surface area contributed by atoms with Gasteiger partial charge in [0.05, 0.1) is 13.0 Å². The highest BCUT2D eigenvalue weighted by atomic mass is 32.2. The van der Waals surface area contributed by atoms with E-state index in [0.29, 0.717) is 6.61 Å². The molecule has 104 valence electrons. The number of carboxylic acid groups (broad SMARTS) is 1. The molecule has 0 radical (unpaired) electrons. The van der Waals surface area contributed by atoms with E-state index < -0.39 is 12.0 Å². The Bertz CT molecular complexity index is 308. The molecule has 0 spiro atoms. The minimum absolute atomic E-state index is 0.0559. The molecule has 2 atom stereocenters. The lowest BCUT2D eigenvalue weighted by Gasteiger charge is -2.15. The first-order valence-corrected chi connectivity index (χ1v) is 6.68. The zero-order valence-electron chi connectivity index (χ0n) is 10.8. The molecule has 0 unspecified atom stereocenters. The summed E-state index contributed by atoms with van der Waals surface area (Å²) in [4.78, 5) is 32.8. The van der Waals surface area contributed by atoms with Gasteiger partial charge in [0.15, 0.2) is 0 Å². The molecule has 2 N–H and O–H groups in total. The van der Waals surface area contributed by atoms with Gasteiger partial charge < -0.3 is 15.2 Å². The standard InChI is InChI=1S/C11H19NO5S/c1-4-17-10(14)5-7(2)18-6-9(11(15)16)12-8(3)13/h7,9H,4-6H2,1-3H3,(H,12,13)(H,15,16)/t7-,9+/m1/s1. The second-order valence-corrected chi connectivity index (χ2v) is 5.22. The lowest BCUT2D eigenvalue weighted by atomic mass is 10.3. The molecule has 0 saturated heterocycles. The van der Waals surface area contributed by atoms with Crippen LogP contribution < -0.4 is 5.32 Å². The SMILES string of the molecule is CCOC(=O)C[C@@H](C)SC[C@H](NC(C)=O)C(=O)O. The lowest BCUT2D eigenvalue weighted by Crippen LogP contribution is -2.41. The fourth-order valence-corrected chi connectivity index (χ4v) is 2.19. The molecule has 0 saturated carbocycles. The Morgan fingerprint density at radius 3 is 2.44 bits per heavy atom. The Kier molecular flexibility index (Phi) is 8.19. The molecule has 0 aliphatic carbocycles. The number of carbonyl (C=O) groups excluding carboxylic acids is 2. The molecule has 0 aromatic carbocycles. The number of nitrogens with one attached hydrogen (secondary N) is 1. The number of hydrogen-bond donors (Lipinski definition) is 2. The van der Waals surface area contributed by atoms with Gasteiger partial charge in [-0.2, -0.15) is 11.8 Å². The number of thioether (sulfide) groups is 1. The van der Waals surface area contributed by atoms with Crippen LogP contribution in [0.1, 0.15) is 27.2 Å². The van der Waals surface area contributed by atoms with Gasteiger partial charge in [-0.15, -0.1) is 0 Å². The first-order chi connectivity index (χ1) is 8.36. The van der Waals surface area contributed by atoms with Crippen molar-refractivity contribution in [2.24, 2.45) is 0 Å². The molecule has 0 bridgehead atoms. The summed E-state index contributed by atoms with van der Waals surface area (Å²) in [5.74, 6) is -1.55. The fraction of sp³-hybridized carbons (Fsp3) is 0.727. The van der Waals surface area contributed by atoms with Crippen molar-refractivity contribution in [3.05, 3.63) is 0 Å². The summed E-state index contributed by atoms with van der Waals surface area (Å²) < 4.78 is 4.79. The summed E-state index contributed by atoms with van der Waals surface area (Å²) in [5, 5.41) is 11.2. The Hall–Kier alpha value is -1.24. The Morgan fingerprint density at radius 1 is 1.39 bits per heavy atom. The van der Waals surface area contributed by atoms with Crippen molar-refractivity contribution < 1.29 is 24.2 Å². The highest BCUT2D eigenvalue weighted by Gasteiger charge is 2.20. The van der Waals surface area contributed by atoms with Crippen LogP contribution in [-0.4, -0.2) is 46.6 Å². The molecular weight excluding hydrogens is 258 g/mol. The van der Waals surface area contributed by atoms with Crippen LogP contribution >= 0.6 is 11.8 Å². The third-order valence-corrected chi connectivity index (χ3v) is 3.24. The molecule has 0 aromatic heterocycles. The summed E-state index contributed by atoms with van der Waals surface area (Å²) in [7, 11) is 0. The molecular formula is C11H19NO5S. The van der Waals surface area contributed by atoms with Crippen LogP contribution in [0.5, 0.6) is 0 Å². The predicted molar refractivity (Wildman–Crippen MR) is 68.4 cm³/mol. The minimum atomic E-state index is -1.08. The highest BCUT2D eigenvalue weighted by Crippen LogP contribution is 2.16. The maximum absolute atomic E-state index is 11.2. The van der Waals surface area contributed by atoms with E-state index in [0.717, 1.165) is 0 Å². The van der Waals surface area contributed by atoms with E-state index in [1.165, 1.54) is 18.7 Å². The van der Waals surface area contributed by atoms with Gasteiger partial charge in [-0.3, -0.25) is 9.59 Å². The first-order valence-electron chi connectivity index (χ1n) is 5.64. The van der Waals surface area contributed by atoms with Crippen LogP contribution in [0.4, 0.5) is 0 Å². The molecule has 0 heterocycles. The van der Waals surface area contributed by atoms with Crippen molar-refractivity contribution in [3.63, 3.8) is 0 Å². The molecule has 0 rings (SSSR count). The number of carbonyl (C=O) groups is 3. The van der Waals surface area contributed by atoms with E-state index in [1.54, 1.807) is 6.92 Å². The second kappa shape index (κ2) is 8.79. The maximum atomic E-state index is 11.2. The van der Waals surface area contributed by atoms with Crippen LogP contribution in [-0.2, 0) is 19.1 Å². The number of amides is 1. The van der Waals surface area contributed by atoms with Crippen molar-refractivity contribution in [3.8, 4) is 0 Å². The quantitative estimate of drug-likeness (QED) is 0.633. The van der Waals surface area contributed by atoms with E-state index in [4.69, 9.17) is 9.84 Å². The number of rotatable bonds is 8. The van der Waals surface area contributed by atoms with Gasteiger partial charge in [0.25, 0.3) is 0 Å². The number of hydrogen-bond acceptors (Lipinski definition) is 5. The summed E-state index contributed by atoms with van der Waals surface area (Å²) in [6, 6.07) is -0.933. The van der Waals surface area contributed by atoms with Gasteiger partial charge in [0.1, 0.15) is 6.04 Å². The number of ether oxygens (including phenoxy) is 1. The zero-order chi connectivity index (χ0) is 14.1. The monoisotopic (exact) mass is 277 g/mol. The number of aliphatic carboxylic acids is 1. The van der Waals surface area contributed by atoms with Gasteiger partial charge in [0.2, 0.25) is 5.91 Å². The zero-order valence-corrected chi connectivity index (χ0v) is 11.6. The Balaban J connectivity index is 4.06. The molecule has 0 aromatic rings. The van der Waals surface area contributed by atoms with Crippen LogP contribution in [0.15, 0.2) is 0 Å². The fourth-order valence-electron chi connectivity index (χ4n) is 1.19. The molecule has 0 aliphatic rings. The minimum Gasteiger partial charge on any atom is -0.480 e. The largest absolute Gasteiger partial charge is 0.480 e. The highest BCUT2D eigenvalue weighted by molar-refractivity contribution is 7.99. The molecule has 18 heavy (non-hydrogen) atoms. The van der Waals surface area contributed by atoms with Gasteiger partial charge in [-0.25, -0.2) is 4.79 Å². The van der Waals surface area contributed by atoms with Gasteiger partial charge >= 0.3 is 11.9 Å². The van der Waals surface area contributed by atoms with Crippen molar-refractivity contribution in [2.75, 3.05) is 12.4 Å². The van der Waals surface area contributed by atoms with Gasteiger partial charge in [-0.1, -0.05) is 6.92 Å². The molecule has 0 aliphatic heterocycles. The number of esters is 1. The second-order valence-electron chi connectivity index (χ2n) is 3.74. The van der Waals surface area contributed by atoms with Crippen molar-refractivity contribution >= 4 is 29.6 Å². The van der Waals surface area contributed by atoms with Crippen LogP contribution in [0, 0.1) is 0 Å². The van der Waals surface area contributed by atoms with Crippen molar-refractivity contribution in [1.82, 2.24) is 5.32 Å². The van der Waals surface area contributed by atoms with Gasteiger partial charge in [0, 0.05) is 17.9 Å². The third-order valence-electron chi connectivity index (χ3n) is 1.98. The average Bonchev–Trinajstić information content (AvgIpc) is 2.23. The van der Waals surface area contributed by atoms with Gasteiger partial charge in [-0.05, 0) is 6.92 Å². The van der Waals surface area contributed by atoms with Crippen LogP contribution in [0.25, 0.3) is 0 Å². The average molecular weight is 277 g/mol. The Morgan fingerprint density at radius 2 is 2.00 bits per heavy atom. The lowest BCUT2D eigenvalue weighted by molar-refractivity contribution is -0.143. The summed E-state index contributed by atoms with van der Waals surface area (Å²) in [6.45, 7) is 5.14. The topological polar surface area (TPSA) is 92.7 Å². The van der Waals surface area contributed by atoms with Crippen LogP contribution in [0.2, 0.25) is 0 Å². The predicted octanol–water partition coefficient (Wildman–Crippen LogP) is 0.651. The van der Waals surface area contributed by atoms with E-state index >= 15 is 0 Å². The first kappa shape index (κ1) is 16.8. The van der Waals surface area contributed by atoms with E-state index in [1.807, 2.05) is 6.92 Å². The van der Waals surface area contributed by atoms with E-state index in [-0.39, 0.29) is 29.3 Å². The summed E-state index contributed by atoms with van der Waals surface area (Å²) in [6.07, 6.45) is 0.227. The number of carboxylic acids is 1. The van der Waals surface area contributed by atoms with E-state index in [9.17, 15) is 14.4 Å². The van der Waals surface area contributed by atoms with Crippen LogP contribution in [0.3, 0.4) is 0 Å². The molecule has 6 nitrogen and oxygen atoms in total. The smallest absolute Gasteiger partial charge is 0.327 e. The molecule has 1 amide bonds. The van der Waals surface area contributed by atoms with Crippen molar-refractivity contribution in [1.29, 1.82) is 0 Å². The maximum Gasteiger partial charge on any atom is 0.327 e. The summed E-state index contributed by atoms with van der Waals surface area (Å²) >= 11 is 1.31. The normalized spacial score (nSPS) is 13.5. The van der Waals surface area contributed by atoms with E-state index in [2.05, 4.69) is 5.32 Å². The molecule has 7 heteroatoms.